The maximum absolute atomic E-state index is 13.2. The first kappa shape index (κ1) is 26.3. The Kier molecular flexibility index (Phi) is 10.8. The first-order chi connectivity index (χ1) is 15.9. The second kappa shape index (κ2) is 13.5. The van der Waals surface area contributed by atoms with Crippen LogP contribution in [-0.2, 0) is 14.3 Å². The van der Waals surface area contributed by atoms with Crippen molar-refractivity contribution in [2.24, 2.45) is 0 Å². The maximum Gasteiger partial charge on any atom is 0.321 e. The lowest BCUT2D eigenvalue weighted by Gasteiger charge is -2.39. The topological polar surface area (TPSA) is 116 Å². The van der Waals surface area contributed by atoms with Crippen LogP contribution in [-0.4, -0.2) is 46.9 Å². The van der Waals surface area contributed by atoms with E-state index in [1.807, 2.05) is 6.92 Å². The monoisotopic (exact) mass is 462 g/mol. The SMILES string of the molecule is CCCCC(OC(C)=O)N(C(=O)CCCOc1cccc(C=O)c1[N+](=O)[O-])C1CCCCC1. The van der Waals surface area contributed by atoms with Gasteiger partial charge in [-0.2, -0.15) is 0 Å². The van der Waals surface area contributed by atoms with Gasteiger partial charge in [0, 0.05) is 25.8 Å². The van der Waals surface area contributed by atoms with Crippen LogP contribution in [0.1, 0.15) is 88.4 Å². The van der Waals surface area contributed by atoms with Gasteiger partial charge in [0.25, 0.3) is 0 Å². The number of benzene rings is 1. The molecule has 0 aromatic heterocycles. The number of carbonyl (C=O) groups is 3. The van der Waals surface area contributed by atoms with Crippen molar-refractivity contribution in [2.75, 3.05) is 6.61 Å². The smallest absolute Gasteiger partial charge is 0.321 e. The number of para-hydroxylation sites is 1. The van der Waals surface area contributed by atoms with Crippen LogP contribution >= 0.6 is 0 Å². The van der Waals surface area contributed by atoms with Gasteiger partial charge in [0.2, 0.25) is 5.91 Å². The van der Waals surface area contributed by atoms with E-state index < -0.39 is 17.1 Å². The Bertz CT molecular complexity index is 821. The number of hydrogen-bond acceptors (Lipinski definition) is 7. The highest BCUT2D eigenvalue weighted by Crippen LogP contribution is 2.30. The fourth-order valence-electron chi connectivity index (χ4n) is 4.26. The van der Waals surface area contributed by atoms with Gasteiger partial charge in [-0.1, -0.05) is 38.7 Å². The molecule has 0 bridgehead atoms. The molecule has 0 radical (unpaired) electrons. The minimum Gasteiger partial charge on any atom is -0.487 e. The van der Waals surface area contributed by atoms with Crippen LogP contribution in [0.5, 0.6) is 5.75 Å². The van der Waals surface area contributed by atoms with E-state index in [0.29, 0.717) is 19.1 Å². The minimum atomic E-state index is -0.646. The summed E-state index contributed by atoms with van der Waals surface area (Å²) in [4.78, 5) is 48.5. The summed E-state index contributed by atoms with van der Waals surface area (Å²) in [5, 5.41) is 11.3. The fourth-order valence-corrected chi connectivity index (χ4v) is 4.26. The van der Waals surface area contributed by atoms with Crippen molar-refractivity contribution in [1.82, 2.24) is 4.90 Å². The molecule has 1 unspecified atom stereocenters. The zero-order valence-corrected chi connectivity index (χ0v) is 19.5. The van der Waals surface area contributed by atoms with Crippen LogP contribution < -0.4 is 4.74 Å². The molecule has 1 saturated carbocycles. The highest BCUT2D eigenvalue weighted by molar-refractivity contribution is 5.83. The van der Waals surface area contributed by atoms with Crippen molar-refractivity contribution in [3.8, 4) is 5.75 Å². The molecule has 1 aliphatic carbocycles. The molecule has 0 N–H and O–H groups in total. The van der Waals surface area contributed by atoms with Crippen LogP contribution in [0.3, 0.4) is 0 Å². The molecule has 1 aromatic carbocycles. The van der Waals surface area contributed by atoms with Gasteiger partial charge in [-0.25, -0.2) is 0 Å². The van der Waals surface area contributed by atoms with Gasteiger partial charge in [-0.15, -0.1) is 0 Å². The predicted molar refractivity (Wildman–Crippen MR) is 122 cm³/mol. The molecule has 1 atom stereocenters. The number of ether oxygens (including phenoxy) is 2. The molecular weight excluding hydrogens is 428 g/mol. The number of hydrogen-bond donors (Lipinski definition) is 0. The van der Waals surface area contributed by atoms with Crippen LogP contribution in [0.25, 0.3) is 0 Å². The van der Waals surface area contributed by atoms with Gasteiger partial charge in [-0.3, -0.25) is 24.5 Å². The van der Waals surface area contributed by atoms with E-state index in [-0.39, 0.29) is 42.0 Å². The minimum absolute atomic E-state index is 0.00178. The zero-order chi connectivity index (χ0) is 24.2. The largest absolute Gasteiger partial charge is 0.487 e. The highest BCUT2D eigenvalue weighted by Gasteiger charge is 2.33. The van der Waals surface area contributed by atoms with Crippen LogP contribution in [0, 0.1) is 10.1 Å². The van der Waals surface area contributed by atoms with E-state index in [1.165, 1.54) is 25.1 Å². The van der Waals surface area contributed by atoms with Gasteiger partial charge in [-0.05, 0) is 37.8 Å². The lowest BCUT2D eigenvalue weighted by atomic mass is 9.93. The molecule has 33 heavy (non-hydrogen) atoms. The van der Waals surface area contributed by atoms with E-state index in [4.69, 9.17) is 9.47 Å². The highest BCUT2D eigenvalue weighted by atomic mass is 16.6. The Morgan fingerprint density at radius 2 is 1.97 bits per heavy atom. The van der Waals surface area contributed by atoms with E-state index in [0.717, 1.165) is 44.9 Å². The molecule has 182 valence electrons. The third-order valence-corrected chi connectivity index (χ3v) is 5.81. The van der Waals surface area contributed by atoms with Gasteiger partial charge >= 0.3 is 11.7 Å². The second-order valence-corrected chi connectivity index (χ2v) is 8.32. The number of unbranched alkanes of at least 4 members (excludes halogenated alkanes) is 1. The molecule has 1 fully saturated rings. The van der Waals surface area contributed by atoms with Gasteiger partial charge < -0.3 is 14.4 Å². The van der Waals surface area contributed by atoms with E-state index >= 15 is 0 Å². The quantitative estimate of drug-likeness (QED) is 0.103. The summed E-state index contributed by atoms with van der Waals surface area (Å²) in [5.74, 6) is -0.513. The zero-order valence-electron chi connectivity index (χ0n) is 19.5. The first-order valence-electron chi connectivity index (χ1n) is 11.7. The molecule has 0 spiro atoms. The third-order valence-electron chi connectivity index (χ3n) is 5.81. The average Bonchev–Trinajstić information content (AvgIpc) is 2.80. The van der Waals surface area contributed by atoms with Gasteiger partial charge in [0.15, 0.2) is 18.3 Å². The van der Waals surface area contributed by atoms with Gasteiger partial charge in [0.05, 0.1) is 17.1 Å². The summed E-state index contributed by atoms with van der Waals surface area (Å²) in [6, 6.07) is 4.34. The molecule has 0 heterocycles. The molecular formula is C24H34N2O7. The Morgan fingerprint density at radius 3 is 2.58 bits per heavy atom. The Hall–Kier alpha value is -2.97. The lowest BCUT2D eigenvalue weighted by molar-refractivity contribution is -0.386. The molecule has 9 nitrogen and oxygen atoms in total. The molecule has 0 saturated heterocycles. The second-order valence-electron chi connectivity index (χ2n) is 8.32. The summed E-state index contributed by atoms with van der Waals surface area (Å²) >= 11 is 0. The fraction of sp³-hybridized carbons (Fsp3) is 0.625. The Morgan fingerprint density at radius 1 is 1.24 bits per heavy atom. The van der Waals surface area contributed by atoms with Crippen LogP contribution in [0.4, 0.5) is 5.69 Å². The maximum atomic E-state index is 13.2. The van der Waals surface area contributed by atoms with Crippen LogP contribution in [0.2, 0.25) is 0 Å². The van der Waals surface area contributed by atoms with Crippen molar-refractivity contribution in [3.05, 3.63) is 33.9 Å². The standard InChI is InChI=1S/C24H34N2O7/c1-3-4-15-23(33-18(2)28)25(20-11-6-5-7-12-20)22(29)14-9-16-32-21-13-8-10-19(17-27)24(21)26(30)31/h8,10,13,17,20,23H,3-7,9,11-12,14-16H2,1-2H3. The molecule has 0 aliphatic heterocycles. The summed E-state index contributed by atoms with van der Waals surface area (Å²) in [6.07, 6.45) is 7.69. The molecule has 1 amide bonds. The van der Waals surface area contributed by atoms with Crippen molar-refractivity contribution in [3.63, 3.8) is 0 Å². The summed E-state index contributed by atoms with van der Waals surface area (Å²) in [7, 11) is 0. The lowest BCUT2D eigenvalue weighted by Crippen LogP contribution is -2.49. The van der Waals surface area contributed by atoms with E-state index in [1.54, 1.807) is 4.90 Å². The van der Waals surface area contributed by atoms with Crippen LogP contribution in [0.15, 0.2) is 18.2 Å². The number of nitro groups is 1. The Balaban J connectivity index is 2.06. The van der Waals surface area contributed by atoms with Crippen molar-refractivity contribution >= 4 is 23.9 Å². The number of esters is 1. The summed E-state index contributed by atoms with van der Waals surface area (Å²) in [6.45, 7) is 3.49. The Labute approximate surface area is 194 Å². The number of amides is 1. The number of carbonyl (C=O) groups excluding carboxylic acids is 3. The van der Waals surface area contributed by atoms with E-state index in [9.17, 15) is 24.5 Å². The number of aldehydes is 1. The molecule has 2 rings (SSSR count). The normalized spacial score (nSPS) is 14.8. The number of nitrogens with zero attached hydrogens (tertiary/aromatic N) is 2. The third kappa shape index (κ3) is 7.83. The van der Waals surface area contributed by atoms with Crippen molar-refractivity contribution < 1.29 is 28.8 Å². The van der Waals surface area contributed by atoms with E-state index in [2.05, 4.69) is 0 Å². The number of nitro benzene ring substituents is 1. The molecule has 9 heteroatoms. The molecule has 1 aliphatic rings. The number of rotatable bonds is 13. The van der Waals surface area contributed by atoms with Crippen molar-refractivity contribution in [2.45, 2.75) is 90.3 Å². The molecule has 1 aromatic rings. The van der Waals surface area contributed by atoms with Crippen molar-refractivity contribution in [1.29, 1.82) is 0 Å². The summed E-state index contributed by atoms with van der Waals surface area (Å²) < 4.78 is 11.1. The predicted octanol–water partition coefficient (Wildman–Crippen LogP) is 4.81. The average molecular weight is 463 g/mol. The summed E-state index contributed by atoms with van der Waals surface area (Å²) in [5.41, 5.74) is -0.436. The first-order valence-corrected chi connectivity index (χ1v) is 11.7. The van der Waals surface area contributed by atoms with Gasteiger partial charge in [0.1, 0.15) is 0 Å².